The highest BCUT2D eigenvalue weighted by molar-refractivity contribution is 9.10. The maximum atomic E-state index is 9.90. The Morgan fingerprint density at radius 2 is 2.11 bits per heavy atom. The van der Waals surface area contributed by atoms with Gasteiger partial charge in [-0.25, -0.2) is 0 Å². The third-order valence-electron chi connectivity index (χ3n) is 4.08. The molecule has 18 heavy (non-hydrogen) atoms. The third-order valence-corrected chi connectivity index (χ3v) is 4.72. The van der Waals surface area contributed by atoms with E-state index in [0.717, 1.165) is 35.0 Å². The molecule has 3 heteroatoms. The molecule has 1 aromatic carbocycles. The molecule has 0 bridgehead atoms. The van der Waals surface area contributed by atoms with E-state index in [1.165, 1.54) is 25.7 Å². The minimum absolute atomic E-state index is 0.363. The van der Waals surface area contributed by atoms with Crippen LogP contribution < -0.4 is 5.32 Å². The Labute approximate surface area is 118 Å². The number of rotatable bonds is 4. The lowest BCUT2D eigenvalue weighted by molar-refractivity contribution is 0.247. The van der Waals surface area contributed by atoms with Gasteiger partial charge in [-0.15, -0.1) is 0 Å². The van der Waals surface area contributed by atoms with Crippen molar-refractivity contribution in [3.63, 3.8) is 0 Å². The van der Waals surface area contributed by atoms with Crippen LogP contribution in [0.3, 0.4) is 0 Å². The number of phenols is 1. The van der Waals surface area contributed by atoms with E-state index >= 15 is 0 Å². The summed E-state index contributed by atoms with van der Waals surface area (Å²) in [5, 5.41) is 13.4. The molecule has 2 atom stereocenters. The lowest BCUT2D eigenvalue weighted by Crippen LogP contribution is -2.29. The molecular weight excluding hydrogens is 290 g/mol. The molecule has 2 nitrogen and oxygen atoms in total. The van der Waals surface area contributed by atoms with Crippen LogP contribution in [0, 0.1) is 11.8 Å². The first kappa shape index (κ1) is 13.9. The predicted octanol–water partition coefficient (Wildman–Crippen LogP) is 4.07. The molecule has 0 spiro atoms. The standard InChI is InChI=1S/C15H22BrNO/c1-11-5-2-3-6-12(11)9-17-10-13-7-4-8-14(16)15(13)18/h4,7-8,11-12,17-18H,2-3,5-6,9-10H2,1H3. The second kappa shape index (κ2) is 6.58. The van der Waals surface area contributed by atoms with Crippen LogP contribution in [0.15, 0.2) is 22.7 Å². The zero-order valence-corrected chi connectivity index (χ0v) is 12.5. The van der Waals surface area contributed by atoms with E-state index in [0.29, 0.717) is 5.75 Å². The van der Waals surface area contributed by atoms with E-state index in [-0.39, 0.29) is 0 Å². The average molecular weight is 312 g/mol. The summed E-state index contributed by atoms with van der Waals surface area (Å²) in [7, 11) is 0. The molecule has 2 unspecified atom stereocenters. The van der Waals surface area contributed by atoms with E-state index in [4.69, 9.17) is 0 Å². The van der Waals surface area contributed by atoms with Crippen molar-refractivity contribution >= 4 is 15.9 Å². The minimum atomic E-state index is 0.363. The number of nitrogens with one attached hydrogen (secondary N) is 1. The van der Waals surface area contributed by atoms with E-state index in [1.54, 1.807) is 0 Å². The zero-order chi connectivity index (χ0) is 13.0. The number of aromatic hydroxyl groups is 1. The van der Waals surface area contributed by atoms with Crippen LogP contribution in [0.5, 0.6) is 5.75 Å². The Bertz CT molecular complexity index is 394. The Morgan fingerprint density at radius 1 is 1.33 bits per heavy atom. The van der Waals surface area contributed by atoms with Crippen LogP contribution in [-0.4, -0.2) is 11.7 Å². The van der Waals surface area contributed by atoms with Crippen molar-refractivity contribution in [2.24, 2.45) is 11.8 Å². The van der Waals surface area contributed by atoms with Gasteiger partial charge in [-0.3, -0.25) is 0 Å². The maximum absolute atomic E-state index is 9.90. The normalized spacial score (nSPS) is 24.1. The lowest BCUT2D eigenvalue weighted by Gasteiger charge is -2.29. The third kappa shape index (κ3) is 3.48. The Morgan fingerprint density at radius 3 is 2.89 bits per heavy atom. The summed E-state index contributed by atoms with van der Waals surface area (Å²) in [6.45, 7) is 4.17. The zero-order valence-electron chi connectivity index (χ0n) is 11.0. The fourth-order valence-corrected chi connectivity index (χ4v) is 3.20. The molecule has 0 heterocycles. The summed E-state index contributed by atoms with van der Waals surface area (Å²) in [6.07, 6.45) is 5.48. The molecular formula is C15H22BrNO. The molecule has 0 saturated heterocycles. The summed E-state index contributed by atoms with van der Waals surface area (Å²) in [5.41, 5.74) is 0.966. The van der Waals surface area contributed by atoms with E-state index in [1.807, 2.05) is 18.2 Å². The fourth-order valence-electron chi connectivity index (χ4n) is 2.79. The molecule has 0 radical (unpaired) electrons. The lowest BCUT2D eigenvalue weighted by atomic mass is 9.80. The minimum Gasteiger partial charge on any atom is -0.506 e. The van der Waals surface area contributed by atoms with Crippen molar-refractivity contribution in [3.8, 4) is 5.75 Å². The largest absolute Gasteiger partial charge is 0.506 e. The summed E-state index contributed by atoms with van der Waals surface area (Å²) in [4.78, 5) is 0. The van der Waals surface area contributed by atoms with Gasteiger partial charge in [0.1, 0.15) is 5.75 Å². The van der Waals surface area contributed by atoms with Crippen LogP contribution >= 0.6 is 15.9 Å². The van der Waals surface area contributed by atoms with Crippen LogP contribution in [0.1, 0.15) is 38.2 Å². The van der Waals surface area contributed by atoms with Gasteiger partial charge in [0.15, 0.2) is 0 Å². The number of halogens is 1. The second-order valence-corrected chi connectivity index (χ2v) is 6.25. The Balaban J connectivity index is 1.83. The first-order valence-electron chi connectivity index (χ1n) is 6.85. The Hall–Kier alpha value is -0.540. The molecule has 0 aromatic heterocycles. The van der Waals surface area contributed by atoms with Gasteiger partial charge >= 0.3 is 0 Å². The molecule has 1 aliphatic carbocycles. The van der Waals surface area contributed by atoms with E-state index in [2.05, 4.69) is 28.2 Å². The predicted molar refractivity (Wildman–Crippen MR) is 78.6 cm³/mol. The molecule has 1 aliphatic rings. The van der Waals surface area contributed by atoms with Crippen molar-refractivity contribution in [1.82, 2.24) is 5.32 Å². The summed E-state index contributed by atoms with van der Waals surface area (Å²) in [6, 6.07) is 5.80. The van der Waals surface area contributed by atoms with Gasteiger partial charge in [-0.2, -0.15) is 0 Å². The van der Waals surface area contributed by atoms with Gasteiger partial charge in [0, 0.05) is 12.1 Å². The summed E-state index contributed by atoms with van der Waals surface area (Å²) in [5.74, 6) is 2.00. The number of benzene rings is 1. The highest BCUT2D eigenvalue weighted by Crippen LogP contribution is 2.30. The Kier molecular flexibility index (Phi) is 5.07. The maximum Gasteiger partial charge on any atom is 0.134 e. The molecule has 0 amide bonds. The van der Waals surface area contributed by atoms with Crippen molar-refractivity contribution in [3.05, 3.63) is 28.2 Å². The monoisotopic (exact) mass is 311 g/mol. The molecule has 2 N–H and O–H groups in total. The van der Waals surface area contributed by atoms with Crippen LogP contribution in [-0.2, 0) is 6.54 Å². The highest BCUT2D eigenvalue weighted by Gasteiger charge is 2.20. The molecule has 1 fully saturated rings. The smallest absolute Gasteiger partial charge is 0.134 e. The van der Waals surface area contributed by atoms with Gasteiger partial charge < -0.3 is 10.4 Å². The van der Waals surface area contributed by atoms with Crippen molar-refractivity contribution in [2.45, 2.75) is 39.2 Å². The molecule has 2 rings (SSSR count). The number of phenolic OH excluding ortho intramolecular Hbond substituents is 1. The van der Waals surface area contributed by atoms with E-state index in [9.17, 15) is 5.11 Å². The highest BCUT2D eigenvalue weighted by atomic mass is 79.9. The number of hydrogen-bond acceptors (Lipinski definition) is 2. The fraction of sp³-hybridized carbons (Fsp3) is 0.600. The van der Waals surface area contributed by atoms with Crippen molar-refractivity contribution in [1.29, 1.82) is 0 Å². The van der Waals surface area contributed by atoms with Crippen molar-refractivity contribution in [2.75, 3.05) is 6.54 Å². The summed E-state index contributed by atoms with van der Waals surface area (Å²) < 4.78 is 0.771. The van der Waals surface area contributed by atoms with E-state index < -0.39 is 0 Å². The first-order valence-corrected chi connectivity index (χ1v) is 7.65. The molecule has 1 saturated carbocycles. The SMILES string of the molecule is CC1CCCCC1CNCc1cccc(Br)c1O. The topological polar surface area (TPSA) is 32.3 Å². The molecule has 1 aromatic rings. The van der Waals surface area contributed by atoms with Gasteiger partial charge in [0.2, 0.25) is 0 Å². The average Bonchev–Trinajstić information content (AvgIpc) is 2.37. The van der Waals surface area contributed by atoms with Gasteiger partial charge in [-0.05, 0) is 46.8 Å². The van der Waals surface area contributed by atoms with Gasteiger partial charge in [0.25, 0.3) is 0 Å². The summed E-state index contributed by atoms with van der Waals surface area (Å²) >= 11 is 3.35. The van der Waals surface area contributed by atoms with Crippen LogP contribution in [0.25, 0.3) is 0 Å². The van der Waals surface area contributed by atoms with Gasteiger partial charge in [0.05, 0.1) is 4.47 Å². The van der Waals surface area contributed by atoms with Crippen LogP contribution in [0.4, 0.5) is 0 Å². The second-order valence-electron chi connectivity index (χ2n) is 5.40. The van der Waals surface area contributed by atoms with Crippen LogP contribution in [0.2, 0.25) is 0 Å². The number of para-hydroxylation sites is 1. The molecule has 0 aliphatic heterocycles. The molecule has 100 valence electrons. The first-order chi connectivity index (χ1) is 8.68. The number of hydrogen-bond donors (Lipinski definition) is 2. The van der Waals surface area contributed by atoms with Gasteiger partial charge in [-0.1, -0.05) is 38.3 Å². The van der Waals surface area contributed by atoms with Crippen molar-refractivity contribution < 1.29 is 5.11 Å². The quantitative estimate of drug-likeness (QED) is 0.878.